The van der Waals surface area contributed by atoms with Crippen LogP contribution in [0, 0.1) is 0 Å². The normalized spacial score (nSPS) is 23.6. The number of likely N-dealkylation sites (N-methyl/N-ethyl adjacent to an activating group) is 1. The fourth-order valence-corrected chi connectivity index (χ4v) is 5.26. The predicted octanol–water partition coefficient (Wildman–Crippen LogP) is -0.770. The summed E-state index contributed by atoms with van der Waals surface area (Å²) in [4.78, 5) is 37.3. The van der Waals surface area contributed by atoms with E-state index in [1.54, 1.807) is 6.92 Å². The van der Waals surface area contributed by atoms with Gasteiger partial charge < -0.3 is 25.6 Å². The molecule has 196 valence electrons. The minimum Gasteiger partial charge on any atom is -0.387 e. The number of amides is 3. The Morgan fingerprint density at radius 3 is 2.49 bits per heavy atom. The quantitative estimate of drug-likeness (QED) is 0.241. The Morgan fingerprint density at radius 1 is 1.08 bits per heavy atom. The van der Waals surface area contributed by atoms with Gasteiger partial charge in [-0.1, -0.05) is 0 Å². The van der Waals surface area contributed by atoms with Crippen LogP contribution in [-0.4, -0.2) is 92.3 Å². The van der Waals surface area contributed by atoms with Crippen molar-refractivity contribution in [1.29, 1.82) is 0 Å². The zero-order valence-corrected chi connectivity index (χ0v) is 20.3. The number of aromatic nitrogens is 4. The number of carbonyl (C=O) groups excluding carboxylic acids is 2. The molecule has 5 rings (SSSR count). The van der Waals surface area contributed by atoms with Crippen molar-refractivity contribution >= 4 is 44.6 Å². The minimum absolute atomic E-state index is 0.0512. The number of hydrogen-bond donors (Lipinski definition) is 5. The van der Waals surface area contributed by atoms with Gasteiger partial charge in [-0.2, -0.15) is 4.31 Å². The summed E-state index contributed by atoms with van der Waals surface area (Å²) in [5.74, 6) is -0.513. The van der Waals surface area contributed by atoms with E-state index in [1.807, 2.05) is 0 Å². The van der Waals surface area contributed by atoms with Crippen LogP contribution in [0.5, 0.6) is 0 Å². The Hall–Kier alpha value is -3.70. The van der Waals surface area contributed by atoms with E-state index in [0.717, 1.165) is 0 Å². The highest BCUT2D eigenvalue weighted by molar-refractivity contribution is 7.89. The third kappa shape index (κ3) is 4.72. The monoisotopic (exact) mass is 532 g/mol. The van der Waals surface area contributed by atoms with Gasteiger partial charge in [0.2, 0.25) is 10.0 Å². The average Bonchev–Trinajstić information content (AvgIpc) is 3.59. The zero-order valence-electron chi connectivity index (χ0n) is 19.5. The van der Waals surface area contributed by atoms with Gasteiger partial charge in [0.05, 0.1) is 11.2 Å². The van der Waals surface area contributed by atoms with E-state index in [-0.39, 0.29) is 21.9 Å². The second kappa shape index (κ2) is 9.64. The molecule has 5 N–H and O–H groups in total. The smallest absolute Gasteiger partial charge is 0.324 e. The van der Waals surface area contributed by atoms with E-state index in [4.69, 9.17) is 4.74 Å². The minimum atomic E-state index is -3.50. The molecule has 0 bridgehead atoms. The molecule has 37 heavy (non-hydrogen) atoms. The summed E-state index contributed by atoms with van der Waals surface area (Å²) in [5, 5.41) is 28.5. The maximum Gasteiger partial charge on any atom is 0.324 e. The second-order valence-corrected chi connectivity index (χ2v) is 10.3. The van der Waals surface area contributed by atoms with Crippen molar-refractivity contribution in [2.24, 2.45) is 0 Å². The van der Waals surface area contributed by atoms with Crippen LogP contribution in [0.2, 0.25) is 0 Å². The fourth-order valence-electron chi connectivity index (χ4n) is 3.92. The standard InChI is InChI=1S/C21H24N8O7S/c1-2-22-19(32)16-14(30)15(31)20(36-16)29-10-25-13-17(23-9-24-18(13)29)27-21(33)26-11-3-5-12(6-4-11)37(34,35)28-7-8-28/h3-6,9-10,14-16,20,30-31H,2,7-8H2,1H3,(H,22,32)(H2,23,24,26,27,33)/t14?,15?,16-,20+/m0/s1. The van der Waals surface area contributed by atoms with Crippen molar-refractivity contribution in [3.05, 3.63) is 36.9 Å². The Kier molecular flexibility index (Phi) is 6.50. The van der Waals surface area contributed by atoms with Gasteiger partial charge >= 0.3 is 6.03 Å². The molecule has 0 saturated carbocycles. The summed E-state index contributed by atoms with van der Waals surface area (Å²) in [6.07, 6.45) is -2.90. The first-order chi connectivity index (χ1) is 17.7. The lowest BCUT2D eigenvalue weighted by atomic mass is 10.1. The van der Waals surface area contributed by atoms with Crippen molar-refractivity contribution in [3.8, 4) is 0 Å². The Morgan fingerprint density at radius 2 is 1.81 bits per heavy atom. The summed E-state index contributed by atoms with van der Waals surface area (Å²) >= 11 is 0. The van der Waals surface area contributed by atoms with Crippen LogP contribution in [0.15, 0.2) is 41.8 Å². The fraction of sp³-hybridized carbons (Fsp3) is 0.381. The van der Waals surface area contributed by atoms with Crippen LogP contribution in [0.3, 0.4) is 0 Å². The van der Waals surface area contributed by atoms with Crippen molar-refractivity contribution in [2.75, 3.05) is 30.3 Å². The summed E-state index contributed by atoms with van der Waals surface area (Å²) in [6.45, 7) is 3.03. The summed E-state index contributed by atoms with van der Waals surface area (Å²) in [7, 11) is -3.50. The first-order valence-corrected chi connectivity index (χ1v) is 12.8. The molecule has 4 atom stereocenters. The van der Waals surface area contributed by atoms with Gasteiger partial charge in [0.15, 0.2) is 29.3 Å². The van der Waals surface area contributed by atoms with Crippen LogP contribution >= 0.6 is 0 Å². The number of aliphatic hydroxyl groups excluding tert-OH is 2. The van der Waals surface area contributed by atoms with Gasteiger partial charge in [0.25, 0.3) is 5.91 Å². The van der Waals surface area contributed by atoms with Gasteiger partial charge in [-0.25, -0.2) is 28.2 Å². The molecular formula is C21H24N8O7S. The number of rotatable bonds is 7. The van der Waals surface area contributed by atoms with E-state index >= 15 is 0 Å². The van der Waals surface area contributed by atoms with Crippen LogP contribution in [-0.2, 0) is 19.6 Å². The SMILES string of the molecule is CCNC(=O)[C@H]1O[C@@H](n2cnc3c(NC(=O)Nc4ccc(S(=O)(=O)N5CC5)cc4)ncnc32)C(O)C1O. The number of anilines is 2. The third-order valence-electron chi connectivity index (χ3n) is 5.87. The van der Waals surface area contributed by atoms with Crippen LogP contribution in [0.25, 0.3) is 11.2 Å². The first kappa shape index (κ1) is 25.0. The first-order valence-electron chi connectivity index (χ1n) is 11.4. The molecule has 0 spiro atoms. The summed E-state index contributed by atoms with van der Waals surface area (Å²) in [6, 6.07) is 5.08. The Balaban J connectivity index is 1.30. The number of fused-ring (bicyclic) bond motifs is 1. The number of urea groups is 1. The topological polar surface area (TPSA) is 201 Å². The molecule has 15 nitrogen and oxygen atoms in total. The zero-order chi connectivity index (χ0) is 26.3. The van der Waals surface area contributed by atoms with Crippen molar-refractivity contribution in [3.63, 3.8) is 0 Å². The highest BCUT2D eigenvalue weighted by Gasteiger charge is 2.47. The molecule has 16 heteroatoms. The number of imidazole rings is 1. The van der Waals surface area contributed by atoms with Crippen molar-refractivity contribution in [1.82, 2.24) is 29.1 Å². The number of aliphatic hydroxyl groups is 2. The van der Waals surface area contributed by atoms with E-state index in [0.29, 0.717) is 25.3 Å². The number of hydrogen-bond acceptors (Lipinski definition) is 10. The molecule has 2 saturated heterocycles. The number of carbonyl (C=O) groups is 2. The number of nitrogens with one attached hydrogen (secondary N) is 3. The van der Waals surface area contributed by atoms with E-state index < -0.39 is 46.5 Å². The second-order valence-electron chi connectivity index (χ2n) is 8.38. The highest BCUT2D eigenvalue weighted by atomic mass is 32.2. The van der Waals surface area contributed by atoms with E-state index in [1.165, 1.54) is 45.8 Å². The van der Waals surface area contributed by atoms with Gasteiger partial charge in [-0.05, 0) is 31.2 Å². The van der Waals surface area contributed by atoms with E-state index in [9.17, 15) is 28.2 Å². The lowest BCUT2D eigenvalue weighted by Crippen LogP contribution is -2.42. The molecule has 3 aromatic rings. The molecule has 0 aliphatic carbocycles. The number of nitrogens with zero attached hydrogens (tertiary/aromatic N) is 5. The van der Waals surface area contributed by atoms with Crippen LogP contribution in [0.1, 0.15) is 13.2 Å². The van der Waals surface area contributed by atoms with E-state index in [2.05, 4.69) is 30.9 Å². The lowest BCUT2D eigenvalue weighted by molar-refractivity contribution is -0.137. The molecule has 2 aliphatic heterocycles. The Bertz CT molecular complexity index is 1440. The predicted molar refractivity (Wildman–Crippen MR) is 128 cm³/mol. The summed E-state index contributed by atoms with van der Waals surface area (Å²) in [5.41, 5.74) is 0.706. The Labute approximate surface area is 210 Å². The van der Waals surface area contributed by atoms with Gasteiger partial charge in [0, 0.05) is 25.3 Å². The highest BCUT2D eigenvalue weighted by Crippen LogP contribution is 2.32. The molecule has 0 radical (unpaired) electrons. The maximum absolute atomic E-state index is 12.6. The maximum atomic E-state index is 12.6. The molecule has 1 aromatic carbocycles. The molecular weight excluding hydrogens is 508 g/mol. The molecule has 2 aliphatic rings. The molecule has 4 heterocycles. The molecule has 2 aromatic heterocycles. The number of ether oxygens (including phenoxy) is 1. The van der Waals surface area contributed by atoms with Crippen molar-refractivity contribution < 1.29 is 33.0 Å². The summed E-state index contributed by atoms with van der Waals surface area (Å²) < 4.78 is 32.8. The number of sulfonamides is 1. The van der Waals surface area contributed by atoms with Crippen LogP contribution < -0.4 is 16.0 Å². The van der Waals surface area contributed by atoms with Crippen molar-refractivity contribution in [2.45, 2.75) is 36.4 Å². The molecule has 2 unspecified atom stereocenters. The largest absolute Gasteiger partial charge is 0.387 e. The van der Waals surface area contributed by atoms with Gasteiger partial charge in [-0.3, -0.25) is 14.7 Å². The van der Waals surface area contributed by atoms with Gasteiger partial charge in [-0.15, -0.1) is 0 Å². The third-order valence-corrected chi connectivity index (χ3v) is 7.78. The van der Waals surface area contributed by atoms with Crippen LogP contribution in [0.4, 0.5) is 16.3 Å². The number of benzene rings is 1. The molecule has 2 fully saturated rings. The molecule has 3 amide bonds. The average molecular weight is 533 g/mol. The lowest BCUT2D eigenvalue weighted by Gasteiger charge is -2.16. The van der Waals surface area contributed by atoms with Gasteiger partial charge in [0.1, 0.15) is 18.5 Å².